The van der Waals surface area contributed by atoms with Crippen molar-refractivity contribution in [3.63, 3.8) is 0 Å². The summed E-state index contributed by atoms with van der Waals surface area (Å²) in [7, 11) is 0. The second-order valence-corrected chi connectivity index (χ2v) is 5.80. The van der Waals surface area contributed by atoms with Crippen molar-refractivity contribution in [1.29, 1.82) is 0 Å². The van der Waals surface area contributed by atoms with E-state index >= 15 is 0 Å². The van der Waals surface area contributed by atoms with Crippen LogP contribution in [0.4, 0.5) is 0 Å². The molecule has 2 aromatic rings. The zero-order valence-electron chi connectivity index (χ0n) is 14.5. The van der Waals surface area contributed by atoms with Crippen LogP contribution in [0.3, 0.4) is 0 Å². The van der Waals surface area contributed by atoms with E-state index in [-0.39, 0.29) is 18.9 Å². The molecule has 0 unspecified atom stereocenters. The predicted octanol–water partition coefficient (Wildman–Crippen LogP) is 2.99. The summed E-state index contributed by atoms with van der Waals surface area (Å²) in [5.41, 5.74) is 6.81. The Hall–Kier alpha value is -2.82. The van der Waals surface area contributed by atoms with Gasteiger partial charge in [-0.05, 0) is 36.2 Å². The molecule has 2 amide bonds. The first-order valence-electron chi connectivity index (χ1n) is 8.44. The first-order valence-corrected chi connectivity index (χ1v) is 8.44. The van der Waals surface area contributed by atoms with Crippen LogP contribution in [0, 0.1) is 0 Å². The summed E-state index contributed by atoms with van der Waals surface area (Å²) >= 11 is 0. The van der Waals surface area contributed by atoms with Gasteiger partial charge < -0.3 is 15.4 Å². The second-order valence-electron chi connectivity index (χ2n) is 5.80. The van der Waals surface area contributed by atoms with E-state index in [0.717, 1.165) is 17.7 Å². The summed E-state index contributed by atoms with van der Waals surface area (Å²) in [6, 6.07) is 16.7. The molecular formula is C20H24N2O3. The van der Waals surface area contributed by atoms with Crippen LogP contribution in [0.1, 0.15) is 35.7 Å². The Balaban J connectivity index is 2.11. The van der Waals surface area contributed by atoms with Gasteiger partial charge in [0.25, 0.3) is 5.91 Å². The molecule has 5 nitrogen and oxygen atoms in total. The van der Waals surface area contributed by atoms with E-state index in [0.29, 0.717) is 18.7 Å². The highest BCUT2D eigenvalue weighted by Gasteiger charge is 2.17. The number of nitrogens with zero attached hydrogens (tertiary/aromatic N) is 1. The number of carbonyl (C=O) groups is 2. The third-order valence-corrected chi connectivity index (χ3v) is 3.71. The number of hydrogen-bond donors (Lipinski definition) is 1. The number of benzene rings is 2. The summed E-state index contributed by atoms with van der Waals surface area (Å²) in [6.07, 6.45) is 1.06. The maximum absolute atomic E-state index is 12.8. The van der Waals surface area contributed by atoms with E-state index in [4.69, 9.17) is 10.5 Å². The lowest BCUT2D eigenvalue weighted by Gasteiger charge is -2.22. The molecule has 0 saturated heterocycles. The quantitative estimate of drug-likeness (QED) is 0.763. The van der Waals surface area contributed by atoms with E-state index in [1.54, 1.807) is 29.2 Å². The van der Waals surface area contributed by atoms with Crippen LogP contribution >= 0.6 is 0 Å². The molecule has 0 aliphatic carbocycles. The van der Waals surface area contributed by atoms with Crippen molar-refractivity contribution in [2.75, 3.05) is 13.2 Å². The van der Waals surface area contributed by atoms with Crippen LogP contribution < -0.4 is 10.5 Å². The van der Waals surface area contributed by atoms with Crippen molar-refractivity contribution in [2.24, 2.45) is 5.73 Å². The van der Waals surface area contributed by atoms with Crippen LogP contribution in [-0.4, -0.2) is 29.9 Å². The van der Waals surface area contributed by atoms with Gasteiger partial charge in [-0.3, -0.25) is 9.59 Å². The number of ether oxygens (including phenoxy) is 1. The molecule has 0 heterocycles. The Morgan fingerprint density at radius 2 is 1.72 bits per heavy atom. The predicted molar refractivity (Wildman–Crippen MR) is 97.2 cm³/mol. The van der Waals surface area contributed by atoms with Crippen LogP contribution in [0.5, 0.6) is 5.75 Å². The zero-order valence-corrected chi connectivity index (χ0v) is 14.5. The van der Waals surface area contributed by atoms with Gasteiger partial charge in [0.1, 0.15) is 5.75 Å². The van der Waals surface area contributed by atoms with Crippen molar-refractivity contribution in [3.8, 4) is 5.75 Å². The van der Waals surface area contributed by atoms with Gasteiger partial charge in [0.05, 0.1) is 6.61 Å². The van der Waals surface area contributed by atoms with Gasteiger partial charge in [0, 0.05) is 25.1 Å². The lowest BCUT2D eigenvalue weighted by atomic mass is 10.1. The number of nitrogens with two attached hydrogens (primary N) is 1. The molecule has 0 aliphatic rings. The summed E-state index contributed by atoms with van der Waals surface area (Å²) in [5.74, 6) is 0.187. The molecule has 132 valence electrons. The minimum absolute atomic E-state index is 0.132. The molecule has 2 rings (SSSR count). The Morgan fingerprint density at radius 1 is 1.04 bits per heavy atom. The fourth-order valence-electron chi connectivity index (χ4n) is 2.40. The third-order valence-electron chi connectivity index (χ3n) is 3.71. The normalized spacial score (nSPS) is 10.3. The Bertz CT molecular complexity index is 684. The van der Waals surface area contributed by atoms with Gasteiger partial charge in [-0.15, -0.1) is 0 Å². The fraction of sp³-hybridized carbons (Fsp3) is 0.300. The Kier molecular flexibility index (Phi) is 7.01. The third kappa shape index (κ3) is 5.95. The lowest BCUT2D eigenvalue weighted by molar-refractivity contribution is -0.118. The molecule has 0 aromatic heterocycles. The summed E-state index contributed by atoms with van der Waals surface area (Å²) in [4.78, 5) is 25.6. The molecule has 25 heavy (non-hydrogen) atoms. The average molecular weight is 340 g/mol. The first-order chi connectivity index (χ1) is 12.1. The minimum atomic E-state index is -0.422. The van der Waals surface area contributed by atoms with E-state index in [2.05, 4.69) is 0 Å². The monoisotopic (exact) mass is 340 g/mol. The van der Waals surface area contributed by atoms with Crippen molar-refractivity contribution >= 4 is 11.8 Å². The molecule has 0 fully saturated rings. The second kappa shape index (κ2) is 9.47. The van der Waals surface area contributed by atoms with E-state index < -0.39 is 5.91 Å². The maximum Gasteiger partial charge on any atom is 0.254 e. The van der Waals surface area contributed by atoms with Crippen molar-refractivity contribution in [2.45, 2.75) is 26.3 Å². The molecule has 0 radical (unpaired) electrons. The number of rotatable bonds is 9. The molecule has 0 atom stereocenters. The molecular weight excluding hydrogens is 316 g/mol. The molecule has 2 N–H and O–H groups in total. The maximum atomic E-state index is 12.8. The SMILES string of the molecule is CCCOc1ccc(C(=O)N(CCC(N)=O)Cc2ccccc2)cc1. The van der Waals surface area contributed by atoms with Gasteiger partial charge in [-0.2, -0.15) is 0 Å². The number of amides is 2. The Labute approximate surface area is 148 Å². The molecule has 5 heteroatoms. The van der Waals surface area contributed by atoms with Gasteiger partial charge in [-0.25, -0.2) is 0 Å². The molecule has 0 bridgehead atoms. The van der Waals surface area contributed by atoms with Crippen molar-refractivity contribution in [1.82, 2.24) is 4.90 Å². The van der Waals surface area contributed by atoms with Crippen molar-refractivity contribution < 1.29 is 14.3 Å². The largest absolute Gasteiger partial charge is 0.494 e. The fourth-order valence-corrected chi connectivity index (χ4v) is 2.40. The van der Waals surface area contributed by atoms with Crippen LogP contribution in [0.2, 0.25) is 0 Å². The molecule has 2 aromatic carbocycles. The minimum Gasteiger partial charge on any atom is -0.494 e. The standard InChI is InChI=1S/C20H24N2O3/c1-2-14-25-18-10-8-17(9-11-18)20(24)22(13-12-19(21)23)15-16-6-4-3-5-7-16/h3-11H,2,12-15H2,1H3,(H2,21,23). The molecule has 0 aliphatic heterocycles. The highest BCUT2D eigenvalue weighted by Crippen LogP contribution is 2.16. The summed E-state index contributed by atoms with van der Waals surface area (Å²) in [5, 5.41) is 0. The van der Waals surface area contributed by atoms with Crippen LogP contribution in [0.15, 0.2) is 54.6 Å². The summed E-state index contributed by atoms with van der Waals surface area (Å²) < 4.78 is 5.54. The van der Waals surface area contributed by atoms with Crippen molar-refractivity contribution in [3.05, 3.63) is 65.7 Å². The van der Waals surface area contributed by atoms with E-state index in [9.17, 15) is 9.59 Å². The topological polar surface area (TPSA) is 72.6 Å². The van der Waals surface area contributed by atoms with Gasteiger partial charge in [0.15, 0.2) is 0 Å². The number of carbonyl (C=O) groups excluding carboxylic acids is 2. The van der Waals surface area contributed by atoms with Crippen LogP contribution in [-0.2, 0) is 11.3 Å². The molecule has 0 saturated carbocycles. The van der Waals surface area contributed by atoms with E-state index in [1.807, 2.05) is 37.3 Å². The highest BCUT2D eigenvalue weighted by molar-refractivity contribution is 5.94. The van der Waals surface area contributed by atoms with Crippen LogP contribution in [0.25, 0.3) is 0 Å². The lowest BCUT2D eigenvalue weighted by Crippen LogP contribution is -2.33. The van der Waals surface area contributed by atoms with Gasteiger partial charge >= 0.3 is 0 Å². The van der Waals surface area contributed by atoms with E-state index in [1.165, 1.54) is 0 Å². The smallest absolute Gasteiger partial charge is 0.254 e. The van der Waals surface area contributed by atoms with Gasteiger partial charge in [-0.1, -0.05) is 37.3 Å². The van der Waals surface area contributed by atoms with Gasteiger partial charge in [0.2, 0.25) is 5.91 Å². The number of primary amides is 1. The number of hydrogen-bond acceptors (Lipinski definition) is 3. The highest BCUT2D eigenvalue weighted by atomic mass is 16.5. The average Bonchev–Trinajstić information content (AvgIpc) is 2.64. The summed E-state index contributed by atoms with van der Waals surface area (Å²) in [6.45, 7) is 3.41. The Morgan fingerprint density at radius 3 is 2.32 bits per heavy atom. The first kappa shape index (κ1) is 18.5. The molecule has 0 spiro atoms. The zero-order chi connectivity index (χ0) is 18.1.